The number of aryl methyl sites for hydroxylation is 1. The van der Waals surface area contributed by atoms with Crippen LogP contribution in [0.1, 0.15) is 44.6 Å². The molecule has 0 spiro atoms. The van der Waals surface area contributed by atoms with Gasteiger partial charge in [-0.05, 0) is 31.4 Å². The van der Waals surface area contributed by atoms with Crippen LogP contribution in [0.25, 0.3) is 0 Å². The van der Waals surface area contributed by atoms with Crippen LogP contribution in [0.2, 0.25) is 0 Å². The summed E-state index contributed by atoms with van der Waals surface area (Å²) in [6, 6.07) is 2.22. The zero-order valence-corrected chi connectivity index (χ0v) is 11.5. The van der Waals surface area contributed by atoms with Crippen molar-refractivity contribution in [3.63, 3.8) is 0 Å². The van der Waals surface area contributed by atoms with Crippen molar-refractivity contribution in [1.82, 2.24) is 4.57 Å². The van der Waals surface area contributed by atoms with E-state index in [1.54, 1.807) is 0 Å². The van der Waals surface area contributed by atoms with Crippen molar-refractivity contribution in [2.45, 2.75) is 53.5 Å². The molecule has 0 fully saturated rings. The normalized spacial score (nSPS) is 12.5. The Bertz CT molecular complexity index is 361. The summed E-state index contributed by atoms with van der Waals surface area (Å²) in [4.78, 5) is 0. The van der Waals surface area contributed by atoms with E-state index in [1.807, 2.05) is 0 Å². The monoisotopic (exact) mass is 223 g/mol. The lowest BCUT2D eigenvalue weighted by Crippen LogP contribution is -2.23. The average Bonchev–Trinajstić information content (AvgIpc) is 2.46. The molecule has 2 nitrogen and oxygen atoms in total. The zero-order valence-electron chi connectivity index (χ0n) is 11.5. The maximum absolute atomic E-state index is 9.44. The van der Waals surface area contributed by atoms with Crippen molar-refractivity contribution in [3.8, 4) is 0 Å². The van der Waals surface area contributed by atoms with Gasteiger partial charge in [0, 0.05) is 23.3 Å². The fourth-order valence-corrected chi connectivity index (χ4v) is 2.22. The van der Waals surface area contributed by atoms with E-state index in [2.05, 4.69) is 52.2 Å². The van der Waals surface area contributed by atoms with Crippen molar-refractivity contribution < 1.29 is 5.11 Å². The zero-order chi connectivity index (χ0) is 12.5. The van der Waals surface area contributed by atoms with Gasteiger partial charge in [-0.2, -0.15) is 0 Å². The first kappa shape index (κ1) is 13.3. The third kappa shape index (κ3) is 2.49. The van der Waals surface area contributed by atoms with Crippen LogP contribution >= 0.6 is 0 Å². The summed E-state index contributed by atoms with van der Waals surface area (Å²) in [6.07, 6.45) is 0. The molecule has 0 aliphatic rings. The van der Waals surface area contributed by atoms with Crippen molar-refractivity contribution in [2.75, 3.05) is 6.61 Å². The van der Waals surface area contributed by atoms with Crippen LogP contribution in [0.15, 0.2) is 6.07 Å². The Hall–Kier alpha value is -0.760. The van der Waals surface area contributed by atoms with Gasteiger partial charge in [-0.25, -0.2) is 0 Å². The first-order valence-corrected chi connectivity index (χ1v) is 6.07. The van der Waals surface area contributed by atoms with Crippen LogP contribution in [0.4, 0.5) is 0 Å². The lowest BCUT2D eigenvalue weighted by Gasteiger charge is -2.22. The SMILES string of the molecule is Cc1cc(C(C)(C)CO)c(C)n1CC(C)C. The molecular weight excluding hydrogens is 198 g/mol. The van der Waals surface area contributed by atoms with Gasteiger partial charge in [-0.3, -0.25) is 0 Å². The number of aliphatic hydroxyl groups is 1. The summed E-state index contributed by atoms with van der Waals surface area (Å²) in [5, 5.41) is 9.44. The lowest BCUT2D eigenvalue weighted by molar-refractivity contribution is 0.218. The van der Waals surface area contributed by atoms with Crippen LogP contribution in [0.3, 0.4) is 0 Å². The van der Waals surface area contributed by atoms with Crippen molar-refractivity contribution in [1.29, 1.82) is 0 Å². The Morgan fingerprint density at radius 3 is 2.31 bits per heavy atom. The highest BCUT2D eigenvalue weighted by Crippen LogP contribution is 2.29. The molecule has 0 saturated heterocycles. The molecule has 0 bridgehead atoms. The van der Waals surface area contributed by atoms with Gasteiger partial charge in [0.25, 0.3) is 0 Å². The molecule has 0 atom stereocenters. The number of nitrogens with zero attached hydrogens (tertiary/aromatic N) is 1. The van der Waals surface area contributed by atoms with E-state index in [0.29, 0.717) is 5.92 Å². The highest BCUT2D eigenvalue weighted by atomic mass is 16.3. The quantitative estimate of drug-likeness (QED) is 0.834. The minimum Gasteiger partial charge on any atom is -0.395 e. The van der Waals surface area contributed by atoms with Crippen LogP contribution in [-0.2, 0) is 12.0 Å². The largest absolute Gasteiger partial charge is 0.395 e. The molecule has 1 aromatic rings. The van der Waals surface area contributed by atoms with Gasteiger partial charge >= 0.3 is 0 Å². The lowest BCUT2D eigenvalue weighted by atomic mass is 9.85. The summed E-state index contributed by atoms with van der Waals surface area (Å²) >= 11 is 0. The predicted molar refractivity (Wildman–Crippen MR) is 68.9 cm³/mol. The second kappa shape index (κ2) is 4.62. The van der Waals surface area contributed by atoms with Crippen molar-refractivity contribution >= 4 is 0 Å². The van der Waals surface area contributed by atoms with Crippen LogP contribution < -0.4 is 0 Å². The van der Waals surface area contributed by atoms with Crippen LogP contribution in [0.5, 0.6) is 0 Å². The second-order valence-electron chi connectivity index (χ2n) is 5.83. The van der Waals surface area contributed by atoms with E-state index < -0.39 is 0 Å². The van der Waals surface area contributed by atoms with Gasteiger partial charge in [-0.15, -0.1) is 0 Å². The fraction of sp³-hybridized carbons (Fsp3) is 0.714. The van der Waals surface area contributed by atoms with Gasteiger partial charge in [-0.1, -0.05) is 27.7 Å². The first-order valence-electron chi connectivity index (χ1n) is 6.07. The van der Waals surface area contributed by atoms with Crippen molar-refractivity contribution in [3.05, 3.63) is 23.0 Å². The van der Waals surface area contributed by atoms with E-state index in [1.165, 1.54) is 17.0 Å². The summed E-state index contributed by atoms with van der Waals surface area (Å²) < 4.78 is 2.36. The maximum Gasteiger partial charge on any atom is 0.0523 e. The van der Waals surface area contributed by atoms with E-state index >= 15 is 0 Å². The Kier molecular flexibility index (Phi) is 3.84. The molecule has 0 saturated carbocycles. The van der Waals surface area contributed by atoms with E-state index in [9.17, 15) is 5.11 Å². The molecule has 92 valence electrons. The van der Waals surface area contributed by atoms with Gasteiger partial charge < -0.3 is 9.67 Å². The Morgan fingerprint density at radius 2 is 1.88 bits per heavy atom. The smallest absolute Gasteiger partial charge is 0.0523 e. The topological polar surface area (TPSA) is 25.2 Å². The molecule has 1 N–H and O–H groups in total. The highest BCUT2D eigenvalue weighted by Gasteiger charge is 2.24. The predicted octanol–water partition coefficient (Wildman–Crippen LogP) is 3.03. The summed E-state index contributed by atoms with van der Waals surface area (Å²) in [5.41, 5.74) is 3.72. The standard InChI is InChI=1S/C14H25NO/c1-10(2)8-15-11(3)7-13(12(15)4)14(5,6)9-16/h7,10,16H,8-9H2,1-6H3. The second-order valence-corrected chi connectivity index (χ2v) is 5.83. The molecule has 1 aromatic heterocycles. The number of aliphatic hydroxyl groups excluding tert-OH is 1. The first-order chi connectivity index (χ1) is 7.29. The minimum absolute atomic E-state index is 0.142. The summed E-state index contributed by atoms with van der Waals surface area (Å²) in [6.45, 7) is 14.2. The number of aromatic nitrogens is 1. The molecule has 2 heteroatoms. The molecule has 0 aromatic carbocycles. The Labute approximate surface area is 99.3 Å². The van der Waals surface area contributed by atoms with Gasteiger partial charge in [0.2, 0.25) is 0 Å². The highest BCUT2D eigenvalue weighted by molar-refractivity contribution is 5.33. The third-order valence-electron chi connectivity index (χ3n) is 3.25. The van der Waals surface area contributed by atoms with E-state index in [-0.39, 0.29) is 12.0 Å². The summed E-state index contributed by atoms with van der Waals surface area (Å²) in [7, 11) is 0. The molecule has 16 heavy (non-hydrogen) atoms. The number of rotatable bonds is 4. The minimum atomic E-state index is -0.142. The van der Waals surface area contributed by atoms with E-state index in [0.717, 1.165) is 6.54 Å². The van der Waals surface area contributed by atoms with Crippen LogP contribution in [0, 0.1) is 19.8 Å². The Balaban J connectivity index is 3.16. The number of hydrogen-bond acceptors (Lipinski definition) is 1. The molecule has 1 heterocycles. The molecule has 0 unspecified atom stereocenters. The molecular formula is C14H25NO. The molecule has 1 rings (SSSR count). The molecule has 0 aliphatic heterocycles. The van der Waals surface area contributed by atoms with Gasteiger partial charge in [0.15, 0.2) is 0 Å². The van der Waals surface area contributed by atoms with Crippen molar-refractivity contribution in [2.24, 2.45) is 5.92 Å². The number of hydrogen-bond donors (Lipinski definition) is 1. The average molecular weight is 223 g/mol. The van der Waals surface area contributed by atoms with E-state index in [4.69, 9.17) is 0 Å². The fourth-order valence-electron chi connectivity index (χ4n) is 2.22. The van der Waals surface area contributed by atoms with Crippen LogP contribution in [-0.4, -0.2) is 16.3 Å². The maximum atomic E-state index is 9.44. The molecule has 0 amide bonds. The van der Waals surface area contributed by atoms with Gasteiger partial charge in [0.05, 0.1) is 6.61 Å². The van der Waals surface area contributed by atoms with Gasteiger partial charge in [0.1, 0.15) is 0 Å². The Morgan fingerprint density at radius 1 is 1.31 bits per heavy atom. The summed E-state index contributed by atoms with van der Waals surface area (Å²) in [5.74, 6) is 0.648. The third-order valence-corrected chi connectivity index (χ3v) is 3.25. The molecule has 0 aliphatic carbocycles. The molecule has 0 radical (unpaired) electrons.